The van der Waals surface area contributed by atoms with E-state index in [0.29, 0.717) is 11.8 Å². The van der Waals surface area contributed by atoms with E-state index in [-0.39, 0.29) is 17.9 Å². The van der Waals surface area contributed by atoms with Crippen LogP contribution in [0.15, 0.2) is 0 Å². The average molecular weight is 322 g/mol. The fraction of sp³-hybridized carbons (Fsp3) is 0.882. The van der Waals surface area contributed by atoms with Crippen molar-refractivity contribution in [2.75, 3.05) is 31.1 Å². The summed E-state index contributed by atoms with van der Waals surface area (Å²) in [5.41, 5.74) is 0. The zero-order valence-electron chi connectivity index (χ0n) is 13.2. The first-order valence-electron chi connectivity index (χ1n) is 8.91. The normalized spacial score (nSPS) is 37.8. The van der Waals surface area contributed by atoms with Crippen molar-refractivity contribution in [2.45, 2.75) is 44.6 Å². The van der Waals surface area contributed by atoms with Crippen LogP contribution in [0.3, 0.4) is 0 Å². The van der Waals surface area contributed by atoms with Gasteiger partial charge in [0.1, 0.15) is 6.04 Å². The molecule has 2 heterocycles. The smallest absolute Gasteiger partial charge is 0.245 e. The summed E-state index contributed by atoms with van der Waals surface area (Å²) in [6.07, 6.45) is 6.76. The van der Waals surface area contributed by atoms with Gasteiger partial charge in [-0.3, -0.25) is 9.59 Å². The van der Waals surface area contributed by atoms with E-state index < -0.39 is 0 Å². The Kier molecular flexibility index (Phi) is 4.09. The van der Waals surface area contributed by atoms with Gasteiger partial charge in [-0.2, -0.15) is 11.8 Å². The Morgan fingerprint density at radius 3 is 2.41 bits per heavy atom. The molecule has 2 bridgehead atoms. The van der Waals surface area contributed by atoms with E-state index in [1.165, 1.54) is 19.3 Å². The molecular weight excluding hydrogens is 296 g/mol. The number of rotatable bonds is 2. The van der Waals surface area contributed by atoms with Gasteiger partial charge in [-0.15, -0.1) is 0 Å². The lowest BCUT2D eigenvalue weighted by atomic mass is 9.87. The van der Waals surface area contributed by atoms with Gasteiger partial charge in [0.15, 0.2) is 0 Å². The average Bonchev–Trinajstić information content (AvgIpc) is 3.30. The van der Waals surface area contributed by atoms with Crippen molar-refractivity contribution in [3.05, 3.63) is 0 Å². The first-order valence-corrected chi connectivity index (χ1v) is 10.1. The SMILES string of the molecule is O=C([C@H]1CCCN1C(=O)[C@@H]1C[C@H]2CC[C@H]1C2)N1CCSCC1. The summed E-state index contributed by atoms with van der Waals surface area (Å²) < 4.78 is 0. The van der Waals surface area contributed by atoms with Crippen molar-refractivity contribution in [3.63, 3.8) is 0 Å². The highest BCUT2D eigenvalue weighted by molar-refractivity contribution is 7.99. The van der Waals surface area contributed by atoms with Crippen LogP contribution in [0.25, 0.3) is 0 Å². The van der Waals surface area contributed by atoms with Gasteiger partial charge in [-0.25, -0.2) is 0 Å². The van der Waals surface area contributed by atoms with Crippen LogP contribution >= 0.6 is 11.8 Å². The quantitative estimate of drug-likeness (QED) is 0.781. The van der Waals surface area contributed by atoms with Gasteiger partial charge in [-0.1, -0.05) is 6.42 Å². The highest BCUT2D eigenvalue weighted by Crippen LogP contribution is 2.49. The molecule has 2 amide bonds. The largest absolute Gasteiger partial charge is 0.339 e. The molecule has 0 aromatic heterocycles. The number of carbonyl (C=O) groups is 2. The standard InChI is InChI=1S/C17H26N2O2S/c20-16(14-11-12-3-4-13(14)10-12)19-5-1-2-15(19)17(21)18-6-8-22-9-7-18/h12-15H,1-11H2/t12-,13-,14+,15+/m0/s1. The van der Waals surface area contributed by atoms with E-state index in [1.807, 2.05) is 21.6 Å². The highest BCUT2D eigenvalue weighted by Gasteiger charge is 2.47. The van der Waals surface area contributed by atoms with Crippen LogP contribution in [0.5, 0.6) is 0 Å². The number of hydrogen-bond acceptors (Lipinski definition) is 3. The zero-order valence-corrected chi connectivity index (χ0v) is 14.0. The second kappa shape index (κ2) is 6.06. The predicted octanol–water partition coefficient (Wildman–Crippen LogP) is 1.99. The maximum Gasteiger partial charge on any atom is 0.245 e. The molecule has 2 aliphatic heterocycles. The molecule has 4 rings (SSSR count). The maximum absolute atomic E-state index is 13.0. The van der Waals surface area contributed by atoms with Crippen molar-refractivity contribution in [3.8, 4) is 0 Å². The molecule has 4 aliphatic rings. The fourth-order valence-corrected chi connectivity index (χ4v) is 5.94. The molecule has 2 saturated heterocycles. The summed E-state index contributed by atoms with van der Waals surface area (Å²) in [7, 11) is 0. The molecule has 22 heavy (non-hydrogen) atoms. The summed E-state index contributed by atoms with van der Waals surface area (Å²) in [6.45, 7) is 2.51. The Labute approximate surface area is 137 Å². The third-order valence-electron chi connectivity index (χ3n) is 6.20. The topological polar surface area (TPSA) is 40.6 Å². The molecule has 4 atom stereocenters. The van der Waals surface area contributed by atoms with Gasteiger partial charge in [0.25, 0.3) is 0 Å². The van der Waals surface area contributed by atoms with E-state index in [9.17, 15) is 9.59 Å². The number of likely N-dealkylation sites (tertiary alicyclic amines) is 1. The molecule has 4 nitrogen and oxygen atoms in total. The molecular formula is C17H26N2O2S. The lowest BCUT2D eigenvalue weighted by Gasteiger charge is -2.34. The fourth-order valence-electron chi connectivity index (χ4n) is 5.04. The van der Waals surface area contributed by atoms with E-state index in [1.54, 1.807) is 0 Å². The lowest BCUT2D eigenvalue weighted by Crippen LogP contribution is -2.51. The van der Waals surface area contributed by atoms with Gasteiger partial charge in [-0.05, 0) is 43.9 Å². The highest BCUT2D eigenvalue weighted by atomic mass is 32.2. The van der Waals surface area contributed by atoms with Gasteiger partial charge >= 0.3 is 0 Å². The number of fused-ring (bicyclic) bond motifs is 2. The molecule has 0 N–H and O–H groups in total. The van der Waals surface area contributed by atoms with Crippen LogP contribution in [0, 0.1) is 17.8 Å². The molecule has 0 unspecified atom stereocenters. The summed E-state index contributed by atoms with van der Waals surface area (Å²) >= 11 is 1.92. The maximum atomic E-state index is 13.0. The monoisotopic (exact) mass is 322 g/mol. The van der Waals surface area contributed by atoms with Crippen molar-refractivity contribution >= 4 is 23.6 Å². The van der Waals surface area contributed by atoms with E-state index in [4.69, 9.17) is 0 Å². The van der Waals surface area contributed by atoms with E-state index in [2.05, 4.69) is 0 Å². The second-order valence-corrected chi connectivity index (χ2v) is 8.63. The van der Waals surface area contributed by atoms with Crippen LogP contribution in [-0.2, 0) is 9.59 Å². The zero-order chi connectivity index (χ0) is 15.1. The van der Waals surface area contributed by atoms with Gasteiger partial charge in [0.05, 0.1) is 0 Å². The number of amides is 2. The second-order valence-electron chi connectivity index (χ2n) is 7.41. The van der Waals surface area contributed by atoms with Crippen molar-refractivity contribution in [1.29, 1.82) is 0 Å². The first kappa shape index (κ1) is 14.9. The van der Waals surface area contributed by atoms with Gasteiger partial charge < -0.3 is 9.80 Å². The Morgan fingerprint density at radius 2 is 1.73 bits per heavy atom. The Morgan fingerprint density at radius 1 is 0.909 bits per heavy atom. The molecule has 5 heteroatoms. The summed E-state index contributed by atoms with van der Waals surface area (Å²) in [5.74, 6) is 4.22. The number of carbonyl (C=O) groups excluding carboxylic acids is 2. The Hall–Kier alpha value is -0.710. The third-order valence-corrected chi connectivity index (χ3v) is 7.14. The molecule has 2 aliphatic carbocycles. The predicted molar refractivity (Wildman–Crippen MR) is 87.6 cm³/mol. The first-order chi connectivity index (χ1) is 10.7. The van der Waals surface area contributed by atoms with Crippen LogP contribution < -0.4 is 0 Å². The molecule has 0 radical (unpaired) electrons. The summed E-state index contributed by atoms with van der Waals surface area (Å²) in [4.78, 5) is 29.7. The molecule has 4 fully saturated rings. The minimum absolute atomic E-state index is 0.158. The third kappa shape index (κ3) is 2.55. The minimum atomic E-state index is -0.158. The van der Waals surface area contributed by atoms with Crippen molar-refractivity contribution in [2.24, 2.45) is 17.8 Å². The molecule has 0 spiro atoms. The van der Waals surface area contributed by atoms with E-state index >= 15 is 0 Å². The molecule has 0 aromatic carbocycles. The number of nitrogens with zero attached hydrogens (tertiary/aromatic N) is 2. The van der Waals surface area contributed by atoms with Crippen LogP contribution in [-0.4, -0.2) is 58.8 Å². The van der Waals surface area contributed by atoms with Crippen LogP contribution in [0.4, 0.5) is 0 Å². The van der Waals surface area contributed by atoms with Crippen molar-refractivity contribution < 1.29 is 9.59 Å². The Balaban J connectivity index is 1.44. The van der Waals surface area contributed by atoms with Crippen LogP contribution in [0.2, 0.25) is 0 Å². The van der Waals surface area contributed by atoms with Crippen LogP contribution in [0.1, 0.15) is 38.5 Å². The molecule has 0 aromatic rings. The lowest BCUT2D eigenvalue weighted by molar-refractivity contribution is -0.146. The van der Waals surface area contributed by atoms with Gasteiger partial charge in [0.2, 0.25) is 11.8 Å². The number of thioether (sulfide) groups is 1. The number of hydrogen-bond donors (Lipinski definition) is 0. The van der Waals surface area contributed by atoms with Crippen molar-refractivity contribution in [1.82, 2.24) is 9.80 Å². The van der Waals surface area contributed by atoms with E-state index in [0.717, 1.165) is 56.3 Å². The van der Waals surface area contributed by atoms with Gasteiger partial charge in [0, 0.05) is 37.1 Å². The molecule has 2 saturated carbocycles. The summed E-state index contributed by atoms with van der Waals surface area (Å²) in [6, 6.07) is -0.158. The Bertz CT molecular complexity index is 464. The molecule has 122 valence electrons. The summed E-state index contributed by atoms with van der Waals surface area (Å²) in [5, 5.41) is 0. The minimum Gasteiger partial charge on any atom is -0.339 e.